The summed E-state index contributed by atoms with van der Waals surface area (Å²) in [6, 6.07) is 0. The molecule has 1 N–H and O–H groups in total. The van der Waals surface area contributed by atoms with Gasteiger partial charge in [0.05, 0.1) is 23.8 Å². The number of hydrogen-bond acceptors (Lipinski definition) is 7. The van der Waals surface area contributed by atoms with Crippen molar-refractivity contribution in [3.05, 3.63) is 58.7 Å². The average molecular weight is 433 g/mol. The molecule has 32 heavy (non-hydrogen) atoms. The monoisotopic (exact) mass is 432 g/mol. The number of piperazine rings is 1. The van der Waals surface area contributed by atoms with Crippen LogP contribution >= 0.6 is 0 Å². The van der Waals surface area contributed by atoms with Gasteiger partial charge in [-0.2, -0.15) is 5.10 Å². The molecule has 3 heterocycles. The standard InChI is InChI=1S/C25H32N6O/c1-25(2,32)22-16-27-23(17-26-22)30-11-13-31(14-12-30)24-20-10-6-9-19(20)21(28-29-24)15-18-7-4-3-5-8-18/h4,7-8,16-17,32H,3,5-6,9-15H2,1-2H3. The SMILES string of the molecule is CC(C)(O)c1cnc(N2CCN(c3nnc(CC4=CCCC=C4)c4c3CCC4)CC2)cn1. The van der Waals surface area contributed by atoms with Gasteiger partial charge in [-0.05, 0) is 57.1 Å². The smallest absolute Gasteiger partial charge is 0.154 e. The van der Waals surface area contributed by atoms with E-state index in [1.807, 2.05) is 0 Å². The van der Waals surface area contributed by atoms with Crippen molar-refractivity contribution in [3.8, 4) is 0 Å². The quantitative estimate of drug-likeness (QED) is 0.778. The highest BCUT2D eigenvalue weighted by Gasteiger charge is 2.27. The fraction of sp³-hybridized carbons (Fsp3) is 0.520. The van der Waals surface area contributed by atoms with Crippen LogP contribution in [0.25, 0.3) is 0 Å². The Morgan fingerprint density at radius 1 is 0.938 bits per heavy atom. The fourth-order valence-electron chi connectivity index (χ4n) is 4.87. The molecule has 7 nitrogen and oxygen atoms in total. The Kier molecular flexibility index (Phi) is 5.67. The number of nitrogens with zero attached hydrogens (tertiary/aromatic N) is 6. The van der Waals surface area contributed by atoms with Gasteiger partial charge in [-0.1, -0.05) is 18.2 Å². The summed E-state index contributed by atoms with van der Waals surface area (Å²) in [6.45, 7) is 6.97. The molecule has 168 valence electrons. The zero-order valence-electron chi connectivity index (χ0n) is 19.1. The van der Waals surface area contributed by atoms with Gasteiger partial charge in [0.15, 0.2) is 5.82 Å². The molecule has 1 aliphatic heterocycles. The Morgan fingerprint density at radius 3 is 2.41 bits per heavy atom. The predicted octanol–water partition coefficient (Wildman–Crippen LogP) is 3.13. The highest BCUT2D eigenvalue weighted by Crippen LogP contribution is 2.33. The number of aromatic nitrogens is 4. The lowest BCUT2D eigenvalue weighted by molar-refractivity contribution is 0.0734. The van der Waals surface area contributed by atoms with Gasteiger partial charge >= 0.3 is 0 Å². The van der Waals surface area contributed by atoms with Crippen molar-refractivity contribution in [2.45, 2.75) is 58.0 Å². The van der Waals surface area contributed by atoms with Crippen LogP contribution in [0.5, 0.6) is 0 Å². The molecule has 5 rings (SSSR count). The molecular weight excluding hydrogens is 400 g/mol. The third-order valence-corrected chi connectivity index (χ3v) is 6.71. The van der Waals surface area contributed by atoms with Gasteiger partial charge in [0, 0.05) is 38.2 Å². The molecule has 0 bridgehead atoms. The topological polar surface area (TPSA) is 78.3 Å². The van der Waals surface area contributed by atoms with E-state index in [4.69, 9.17) is 10.2 Å². The van der Waals surface area contributed by atoms with E-state index in [1.54, 1.807) is 26.2 Å². The summed E-state index contributed by atoms with van der Waals surface area (Å²) in [4.78, 5) is 13.6. The maximum atomic E-state index is 10.1. The minimum atomic E-state index is -0.973. The van der Waals surface area contributed by atoms with Gasteiger partial charge in [-0.3, -0.25) is 4.98 Å². The second-order valence-corrected chi connectivity index (χ2v) is 9.51. The van der Waals surface area contributed by atoms with E-state index in [-0.39, 0.29) is 0 Å². The lowest BCUT2D eigenvalue weighted by atomic mass is 9.99. The molecule has 0 amide bonds. The first-order valence-electron chi connectivity index (χ1n) is 11.8. The average Bonchev–Trinajstić information content (AvgIpc) is 3.30. The summed E-state index contributed by atoms with van der Waals surface area (Å²) in [5.41, 5.74) is 5.01. The number of allylic oxidation sites excluding steroid dienone is 4. The highest BCUT2D eigenvalue weighted by molar-refractivity contribution is 5.55. The number of rotatable bonds is 5. The van der Waals surface area contributed by atoms with Crippen LogP contribution in [0.3, 0.4) is 0 Å². The summed E-state index contributed by atoms with van der Waals surface area (Å²) < 4.78 is 0. The molecule has 3 aliphatic rings. The van der Waals surface area contributed by atoms with E-state index < -0.39 is 5.60 Å². The van der Waals surface area contributed by atoms with Crippen LogP contribution in [0.15, 0.2) is 36.2 Å². The summed E-state index contributed by atoms with van der Waals surface area (Å²) >= 11 is 0. The molecule has 7 heteroatoms. The molecule has 0 spiro atoms. The minimum Gasteiger partial charge on any atom is -0.384 e. The van der Waals surface area contributed by atoms with Crippen molar-refractivity contribution in [1.29, 1.82) is 0 Å². The van der Waals surface area contributed by atoms with E-state index in [1.165, 1.54) is 28.8 Å². The molecule has 0 saturated carbocycles. The lowest BCUT2D eigenvalue weighted by Gasteiger charge is -2.36. The van der Waals surface area contributed by atoms with Gasteiger partial charge in [-0.25, -0.2) is 4.98 Å². The highest BCUT2D eigenvalue weighted by atomic mass is 16.3. The number of aliphatic hydroxyl groups is 1. The van der Waals surface area contributed by atoms with Gasteiger partial charge in [0.2, 0.25) is 0 Å². The Bertz CT molecular complexity index is 1030. The summed E-state index contributed by atoms with van der Waals surface area (Å²) in [6.07, 6.45) is 16.9. The van der Waals surface area contributed by atoms with Gasteiger partial charge in [0.25, 0.3) is 0 Å². The van der Waals surface area contributed by atoms with E-state index in [2.05, 4.69) is 38.0 Å². The third kappa shape index (κ3) is 4.26. The molecule has 0 unspecified atom stereocenters. The van der Waals surface area contributed by atoms with Crippen LogP contribution in [0, 0.1) is 0 Å². The van der Waals surface area contributed by atoms with Crippen molar-refractivity contribution in [2.75, 3.05) is 36.0 Å². The van der Waals surface area contributed by atoms with E-state index in [0.29, 0.717) is 5.69 Å². The first-order valence-corrected chi connectivity index (χ1v) is 11.8. The van der Waals surface area contributed by atoms with Crippen LogP contribution in [-0.4, -0.2) is 51.5 Å². The van der Waals surface area contributed by atoms with E-state index in [9.17, 15) is 5.11 Å². The molecule has 2 aromatic heterocycles. The number of fused-ring (bicyclic) bond motifs is 1. The molecule has 2 aromatic rings. The zero-order chi connectivity index (χ0) is 22.1. The first kappa shape index (κ1) is 21.1. The second kappa shape index (κ2) is 8.62. The fourth-order valence-corrected chi connectivity index (χ4v) is 4.87. The summed E-state index contributed by atoms with van der Waals surface area (Å²) in [7, 11) is 0. The largest absolute Gasteiger partial charge is 0.384 e. The normalized spacial score (nSPS) is 18.7. The van der Waals surface area contributed by atoms with Crippen LogP contribution in [0.1, 0.15) is 55.6 Å². The molecular formula is C25H32N6O. The van der Waals surface area contributed by atoms with Crippen molar-refractivity contribution in [2.24, 2.45) is 0 Å². The Morgan fingerprint density at radius 2 is 1.72 bits per heavy atom. The van der Waals surface area contributed by atoms with Crippen LogP contribution in [0.2, 0.25) is 0 Å². The Hall–Kier alpha value is -2.80. The molecule has 1 fully saturated rings. The van der Waals surface area contributed by atoms with Crippen LogP contribution < -0.4 is 9.80 Å². The second-order valence-electron chi connectivity index (χ2n) is 9.51. The van der Waals surface area contributed by atoms with Crippen molar-refractivity contribution < 1.29 is 5.11 Å². The van der Waals surface area contributed by atoms with Crippen LogP contribution in [0.4, 0.5) is 11.6 Å². The Balaban J connectivity index is 1.28. The number of hydrogen-bond donors (Lipinski definition) is 1. The molecule has 0 aromatic carbocycles. The summed E-state index contributed by atoms with van der Waals surface area (Å²) in [5.74, 6) is 1.94. The van der Waals surface area contributed by atoms with Gasteiger partial charge < -0.3 is 14.9 Å². The van der Waals surface area contributed by atoms with Crippen molar-refractivity contribution in [3.63, 3.8) is 0 Å². The number of anilines is 2. The maximum Gasteiger partial charge on any atom is 0.154 e. The third-order valence-electron chi connectivity index (χ3n) is 6.71. The van der Waals surface area contributed by atoms with Gasteiger partial charge in [-0.15, -0.1) is 5.10 Å². The Labute approximate surface area is 189 Å². The van der Waals surface area contributed by atoms with Gasteiger partial charge in [0.1, 0.15) is 11.4 Å². The molecule has 0 radical (unpaired) electrons. The van der Waals surface area contributed by atoms with Crippen LogP contribution in [-0.2, 0) is 24.9 Å². The molecule has 1 saturated heterocycles. The van der Waals surface area contributed by atoms with E-state index >= 15 is 0 Å². The van der Waals surface area contributed by atoms with Crippen molar-refractivity contribution >= 4 is 11.6 Å². The minimum absolute atomic E-state index is 0.588. The first-order chi connectivity index (χ1) is 15.5. The zero-order valence-corrected chi connectivity index (χ0v) is 19.1. The molecule has 2 aliphatic carbocycles. The lowest BCUT2D eigenvalue weighted by Crippen LogP contribution is -2.47. The summed E-state index contributed by atoms with van der Waals surface area (Å²) in [5, 5.41) is 19.5. The predicted molar refractivity (Wildman–Crippen MR) is 126 cm³/mol. The maximum absolute atomic E-state index is 10.1. The van der Waals surface area contributed by atoms with Crippen molar-refractivity contribution in [1.82, 2.24) is 20.2 Å². The molecule has 0 atom stereocenters. The van der Waals surface area contributed by atoms with E-state index in [0.717, 1.165) is 69.9 Å².